The summed E-state index contributed by atoms with van der Waals surface area (Å²) in [6.07, 6.45) is 4.71. The zero-order chi connectivity index (χ0) is 14.8. The van der Waals surface area contributed by atoms with Gasteiger partial charge in [0.05, 0.1) is 17.9 Å². The van der Waals surface area contributed by atoms with Gasteiger partial charge in [0.15, 0.2) is 0 Å². The summed E-state index contributed by atoms with van der Waals surface area (Å²) in [7, 11) is 0. The molecular weight excluding hydrogens is 254 g/mol. The van der Waals surface area contributed by atoms with Crippen LogP contribution in [-0.2, 0) is 9.53 Å². The summed E-state index contributed by atoms with van der Waals surface area (Å²) in [5.41, 5.74) is 0.919. The summed E-state index contributed by atoms with van der Waals surface area (Å²) < 4.78 is 4.97. The SMILES string of the molecule is CCCCCCC(=O)Nc1ccccc1C(=O)OCC. The van der Waals surface area contributed by atoms with E-state index < -0.39 is 5.97 Å². The minimum atomic E-state index is -0.408. The summed E-state index contributed by atoms with van der Waals surface area (Å²) in [6.45, 7) is 4.21. The molecule has 1 aromatic carbocycles. The summed E-state index contributed by atoms with van der Waals surface area (Å²) in [5.74, 6) is -0.466. The fourth-order valence-electron chi connectivity index (χ4n) is 1.90. The lowest BCUT2D eigenvalue weighted by atomic mass is 10.1. The minimum absolute atomic E-state index is 0.0575. The lowest BCUT2D eigenvalue weighted by Crippen LogP contribution is -2.15. The molecule has 0 unspecified atom stereocenters. The van der Waals surface area contributed by atoms with Gasteiger partial charge < -0.3 is 10.1 Å². The quantitative estimate of drug-likeness (QED) is 0.581. The molecule has 110 valence electrons. The van der Waals surface area contributed by atoms with E-state index >= 15 is 0 Å². The van der Waals surface area contributed by atoms with E-state index in [9.17, 15) is 9.59 Å². The molecule has 0 bridgehead atoms. The van der Waals surface area contributed by atoms with Gasteiger partial charge in [0.1, 0.15) is 0 Å². The molecule has 4 heteroatoms. The minimum Gasteiger partial charge on any atom is -0.462 e. The van der Waals surface area contributed by atoms with Crippen LogP contribution in [-0.4, -0.2) is 18.5 Å². The number of ether oxygens (including phenoxy) is 1. The van der Waals surface area contributed by atoms with Crippen LogP contribution in [0, 0.1) is 0 Å². The van der Waals surface area contributed by atoms with Crippen LogP contribution in [0.25, 0.3) is 0 Å². The molecule has 4 nitrogen and oxygen atoms in total. The second-order valence-corrected chi connectivity index (χ2v) is 4.62. The molecule has 0 radical (unpaired) electrons. The van der Waals surface area contributed by atoms with Gasteiger partial charge >= 0.3 is 5.97 Å². The number of carbonyl (C=O) groups excluding carboxylic acids is 2. The van der Waals surface area contributed by atoms with Crippen molar-refractivity contribution in [1.82, 2.24) is 0 Å². The summed E-state index contributed by atoms with van der Waals surface area (Å²) in [6, 6.07) is 6.92. The molecule has 0 saturated carbocycles. The molecular formula is C16H23NO3. The van der Waals surface area contributed by atoms with Crippen LogP contribution in [0.2, 0.25) is 0 Å². The van der Waals surface area contributed by atoms with Crippen LogP contribution < -0.4 is 5.32 Å². The van der Waals surface area contributed by atoms with Crippen molar-refractivity contribution >= 4 is 17.6 Å². The smallest absolute Gasteiger partial charge is 0.340 e. The number of hydrogen-bond donors (Lipinski definition) is 1. The molecule has 1 N–H and O–H groups in total. The van der Waals surface area contributed by atoms with Gasteiger partial charge in [-0.3, -0.25) is 4.79 Å². The van der Waals surface area contributed by atoms with Gasteiger partial charge in [0.2, 0.25) is 5.91 Å². The van der Waals surface area contributed by atoms with Crippen LogP contribution >= 0.6 is 0 Å². The predicted molar refractivity (Wildman–Crippen MR) is 79.8 cm³/mol. The second-order valence-electron chi connectivity index (χ2n) is 4.62. The molecule has 20 heavy (non-hydrogen) atoms. The van der Waals surface area contributed by atoms with Crippen LogP contribution in [0.3, 0.4) is 0 Å². The van der Waals surface area contributed by atoms with Crippen LogP contribution in [0.1, 0.15) is 56.3 Å². The fourth-order valence-corrected chi connectivity index (χ4v) is 1.90. The molecule has 0 aliphatic heterocycles. The monoisotopic (exact) mass is 277 g/mol. The van der Waals surface area contributed by atoms with Crippen molar-refractivity contribution in [1.29, 1.82) is 0 Å². The number of nitrogens with one attached hydrogen (secondary N) is 1. The first-order valence-corrected chi connectivity index (χ1v) is 7.25. The van der Waals surface area contributed by atoms with E-state index in [1.807, 2.05) is 0 Å². The standard InChI is InChI=1S/C16H23NO3/c1-3-5-6-7-12-15(18)17-14-11-9-8-10-13(14)16(19)20-4-2/h8-11H,3-7,12H2,1-2H3,(H,17,18). The zero-order valence-corrected chi connectivity index (χ0v) is 12.3. The van der Waals surface area contributed by atoms with Gasteiger partial charge in [0.25, 0.3) is 0 Å². The van der Waals surface area contributed by atoms with E-state index in [-0.39, 0.29) is 5.91 Å². The molecule has 1 amide bonds. The predicted octanol–water partition coefficient (Wildman–Crippen LogP) is 3.77. The van der Waals surface area contributed by atoms with Crippen molar-refractivity contribution in [3.05, 3.63) is 29.8 Å². The van der Waals surface area contributed by atoms with E-state index in [4.69, 9.17) is 4.74 Å². The van der Waals surface area contributed by atoms with Gasteiger partial charge in [-0.05, 0) is 25.5 Å². The Labute approximate surface area is 120 Å². The average Bonchev–Trinajstić information content (AvgIpc) is 2.44. The van der Waals surface area contributed by atoms with Gasteiger partial charge in [-0.15, -0.1) is 0 Å². The highest BCUT2D eigenvalue weighted by Gasteiger charge is 2.13. The van der Waals surface area contributed by atoms with Crippen molar-refractivity contribution in [2.45, 2.75) is 46.0 Å². The second kappa shape index (κ2) is 9.13. The van der Waals surface area contributed by atoms with E-state index in [1.54, 1.807) is 31.2 Å². The van der Waals surface area contributed by atoms with Gasteiger partial charge in [-0.2, -0.15) is 0 Å². The Bertz CT molecular complexity index is 443. The number of hydrogen-bond acceptors (Lipinski definition) is 3. The maximum Gasteiger partial charge on any atom is 0.340 e. The average molecular weight is 277 g/mol. The van der Waals surface area contributed by atoms with Crippen LogP contribution in [0.4, 0.5) is 5.69 Å². The molecule has 0 aliphatic carbocycles. The topological polar surface area (TPSA) is 55.4 Å². The summed E-state index contributed by atoms with van der Waals surface area (Å²) >= 11 is 0. The highest BCUT2D eigenvalue weighted by Crippen LogP contribution is 2.17. The maximum atomic E-state index is 11.8. The highest BCUT2D eigenvalue weighted by atomic mass is 16.5. The molecule has 0 spiro atoms. The number of amides is 1. The Morgan fingerprint density at radius 3 is 2.55 bits per heavy atom. The first-order valence-electron chi connectivity index (χ1n) is 7.25. The van der Waals surface area contributed by atoms with E-state index in [2.05, 4.69) is 12.2 Å². The van der Waals surface area contributed by atoms with Gasteiger partial charge in [-0.25, -0.2) is 4.79 Å². The van der Waals surface area contributed by atoms with E-state index in [0.29, 0.717) is 24.3 Å². The molecule has 0 atom stereocenters. The third kappa shape index (κ3) is 5.43. The fraction of sp³-hybridized carbons (Fsp3) is 0.500. The summed E-state index contributed by atoms with van der Waals surface area (Å²) in [5, 5.41) is 2.79. The lowest BCUT2D eigenvalue weighted by molar-refractivity contribution is -0.116. The van der Waals surface area contributed by atoms with E-state index in [1.165, 1.54) is 0 Å². The third-order valence-corrected chi connectivity index (χ3v) is 2.95. The number of esters is 1. The molecule has 0 aliphatic rings. The largest absolute Gasteiger partial charge is 0.462 e. The number of rotatable bonds is 8. The maximum absolute atomic E-state index is 11.8. The van der Waals surface area contributed by atoms with Crippen molar-refractivity contribution < 1.29 is 14.3 Å². The van der Waals surface area contributed by atoms with Crippen LogP contribution in [0.15, 0.2) is 24.3 Å². The lowest BCUT2D eigenvalue weighted by Gasteiger charge is -2.10. The van der Waals surface area contributed by atoms with Gasteiger partial charge in [0, 0.05) is 6.42 Å². The zero-order valence-electron chi connectivity index (χ0n) is 12.3. The third-order valence-electron chi connectivity index (χ3n) is 2.95. The Kier molecular flexibility index (Phi) is 7.40. The Morgan fingerprint density at radius 1 is 1.10 bits per heavy atom. The molecule has 0 heterocycles. The highest BCUT2D eigenvalue weighted by molar-refractivity contribution is 6.01. The Morgan fingerprint density at radius 2 is 1.85 bits per heavy atom. The Hall–Kier alpha value is -1.84. The van der Waals surface area contributed by atoms with Crippen molar-refractivity contribution in [3.8, 4) is 0 Å². The Balaban J connectivity index is 2.58. The molecule has 1 aromatic rings. The van der Waals surface area contributed by atoms with Crippen molar-refractivity contribution in [2.24, 2.45) is 0 Å². The van der Waals surface area contributed by atoms with Gasteiger partial charge in [-0.1, -0.05) is 38.3 Å². The molecule has 0 aromatic heterocycles. The molecule has 1 rings (SSSR count). The van der Waals surface area contributed by atoms with Crippen LogP contribution in [0.5, 0.6) is 0 Å². The number of para-hydroxylation sites is 1. The summed E-state index contributed by atoms with van der Waals surface area (Å²) in [4.78, 5) is 23.6. The van der Waals surface area contributed by atoms with Crippen molar-refractivity contribution in [2.75, 3.05) is 11.9 Å². The molecule has 0 fully saturated rings. The first-order chi connectivity index (χ1) is 9.69. The number of benzene rings is 1. The number of carbonyl (C=O) groups is 2. The number of unbranched alkanes of at least 4 members (excludes halogenated alkanes) is 3. The normalized spacial score (nSPS) is 10.1. The molecule has 0 saturated heterocycles. The van der Waals surface area contributed by atoms with E-state index in [0.717, 1.165) is 25.7 Å². The first kappa shape index (κ1) is 16.2. The van der Waals surface area contributed by atoms with Crippen molar-refractivity contribution in [3.63, 3.8) is 0 Å². The number of anilines is 1.